The summed E-state index contributed by atoms with van der Waals surface area (Å²) in [6.45, 7) is 5.90. The molecule has 1 N–H and O–H groups in total. The van der Waals surface area contributed by atoms with Gasteiger partial charge in [0.05, 0.1) is 11.7 Å². The lowest BCUT2D eigenvalue weighted by atomic mass is 10.0. The number of aliphatic imine (C=N–C) groups is 1. The van der Waals surface area contributed by atoms with Crippen molar-refractivity contribution in [3.8, 4) is 11.1 Å². The molecule has 34 heavy (non-hydrogen) atoms. The van der Waals surface area contributed by atoms with Crippen molar-refractivity contribution in [3.05, 3.63) is 54.2 Å². The first-order valence-corrected chi connectivity index (χ1v) is 12.1. The zero-order valence-corrected chi connectivity index (χ0v) is 19.6. The summed E-state index contributed by atoms with van der Waals surface area (Å²) in [5.41, 5.74) is 3.40. The van der Waals surface area contributed by atoms with E-state index in [9.17, 15) is 9.59 Å². The number of nitrogens with zero attached hydrogens (tertiary/aromatic N) is 4. The van der Waals surface area contributed by atoms with Crippen molar-refractivity contribution in [1.82, 2.24) is 20.0 Å². The molecule has 1 saturated heterocycles. The van der Waals surface area contributed by atoms with Crippen LogP contribution in [0.3, 0.4) is 0 Å². The smallest absolute Gasteiger partial charge is 0.255 e. The number of likely N-dealkylation sites (tertiary alicyclic amines) is 1. The van der Waals surface area contributed by atoms with Crippen LogP contribution >= 0.6 is 0 Å². The van der Waals surface area contributed by atoms with Crippen molar-refractivity contribution in [2.45, 2.75) is 38.6 Å². The topological polar surface area (TPSA) is 81.7 Å². The number of hydrogen-bond donors (Lipinski definition) is 1. The van der Waals surface area contributed by atoms with Crippen molar-refractivity contribution < 1.29 is 9.59 Å². The van der Waals surface area contributed by atoms with E-state index in [1.165, 1.54) is 0 Å². The van der Waals surface area contributed by atoms with Crippen LogP contribution in [-0.2, 0) is 9.59 Å². The lowest BCUT2D eigenvalue weighted by Gasteiger charge is -2.24. The molecule has 3 aromatic rings. The lowest BCUT2D eigenvalue weighted by Crippen LogP contribution is -2.42. The maximum atomic E-state index is 13.2. The first-order chi connectivity index (χ1) is 16.4. The molecule has 0 bridgehead atoms. The molecule has 2 aromatic carbocycles. The standard InChI is InChI=1S/C27H29N5O2/c1-27(2)26(34)32(16-17-11-12-31(15-17)25(33)20-7-8-20)24(29-27)19-5-3-18(4-6-19)21-9-10-23-22(13-21)14-28-30-23/h3-6,9-10,13-14,17,20H,7-8,11-12,15-16H2,1-2H3,(H,28,30). The number of amidine groups is 1. The maximum absolute atomic E-state index is 13.2. The number of carbonyl (C=O) groups is 2. The third-order valence-corrected chi connectivity index (χ3v) is 7.29. The number of rotatable bonds is 5. The minimum absolute atomic E-state index is 0.0314. The molecule has 3 aliphatic rings. The third kappa shape index (κ3) is 3.69. The molecule has 1 saturated carbocycles. The molecule has 1 unspecified atom stereocenters. The third-order valence-electron chi connectivity index (χ3n) is 7.29. The molecule has 6 rings (SSSR count). The number of H-pyrrole nitrogens is 1. The Bertz CT molecular complexity index is 1300. The highest BCUT2D eigenvalue weighted by Gasteiger charge is 2.43. The van der Waals surface area contributed by atoms with Gasteiger partial charge in [-0.05, 0) is 62.3 Å². The molecular weight excluding hydrogens is 426 g/mol. The minimum atomic E-state index is -0.775. The Morgan fingerprint density at radius 2 is 1.79 bits per heavy atom. The Morgan fingerprint density at radius 1 is 1.06 bits per heavy atom. The van der Waals surface area contributed by atoms with Gasteiger partial charge in [0.1, 0.15) is 11.4 Å². The highest BCUT2D eigenvalue weighted by Crippen LogP contribution is 2.34. The predicted molar refractivity (Wildman–Crippen MR) is 131 cm³/mol. The van der Waals surface area contributed by atoms with Crippen molar-refractivity contribution in [2.75, 3.05) is 19.6 Å². The number of carbonyl (C=O) groups excluding carboxylic acids is 2. The second kappa shape index (κ2) is 7.79. The van der Waals surface area contributed by atoms with Crippen LogP contribution in [0.25, 0.3) is 22.0 Å². The van der Waals surface area contributed by atoms with Gasteiger partial charge in [0.2, 0.25) is 5.91 Å². The van der Waals surface area contributed by atoms with Gasteiger partial charge in [-0.1, -0.05) is 30.3 Å². The number of hydrogen-bond acceptors (Lipinski definition) is 4. The molecule has 2 aliphatic heterocycles. The zero-order valence-electron chi connectivity index (χ0n) is 19.6. The van der Waals surface area contributed by atoms with E-state index < -0.39 is 5.54 Å². The SMILES string of the molecule is CC1(C)N=C(c2ccc(-c3ccc4[nH]ncc4c3)cc2)N(CC2CCN(C(=O)C3CC3)C2)C1=O. The van der Waals surface area contributed by atoms with Gasteiger partial charge in [0, 0.05) is 36.5 Å². The summed E-state index contributed by atoms with van der Waals surface area (Å²) in [5, 5.41) is 8.16. The van der Waals surface area contributed by atoms with E-state index in [2.05, 4.69) is 34.5 Å². The predicted octanol–water partition coefficient (Wildman–Crippen LogP) is 3.86. The maximum Gasteiger partial charge on any atom is 0.255 e. The normalized spacial score (nSPS) is 22.0. The summed E-state index contributed by atoms with van der Waals surface area (Å²) in [6, 6.07) is 14.5. The zero-order chi connectivity index (χ0) is 23.4. The van der Waals surface area contributed by atoms with E-state index >= 15 is 0 Å². The van der Waals surface area contributed by atoms with E-state index in [1.54, 1.807) is 0 Å². The number of aromatic amines is 1. The molecule has 3 heterocycles. The van der Waals surface area contributed by atoms with Crippen LogP contribution in [-0.4, -0.2) is 62.8 Å². The van der Waals surface area contributed by atoms with E-state index in [1.807, 2.05) is 48.0 Å². The quantitative estimate of drug-likeness (QED) is 0.634. The van der Waals surface area contributed by atoms with Gasteiger partial charge in [0.15, 0.2) is 0 Å². The van der Waals surface area contributed by atoms with E-state index in [4.69, 9.17) is 4.99 Å². The summed E-state index contributed by atoms with van der Waals surface area (Å²) in [5.74, 6) is 1.60. The molecule has 7 heteroatoms. The Hall–Kier alpha value is -3.48. The average molecular weight is 456 g/mol. The second-order valence-electron chi connectivity index (χ2n) is 10.4. The van der Waals surface area contributed by atoms with E-state index in [-0.39, 0.29) is 17.7 Å². The van der Waals surface area contributed by atoms with Crippen molar-refractivity contribution in [2.24, 2.45) is 16.8 Å². The van der Waals surface area contributed by atoms with Gasteiger partial charge < -0.3 is 4.90 Å². The molecule has 0 radical (unpaired) electrons. The Morgan fingerprint density at radius 3 is 2.56 bits per heavy atom. The summed E-state index contributed by atoms with van der Waals surface area (Å²) >= 11 is 0. The van der Waals surface area contributed by atoms with Gasteiger partial charge in [-0.2, -0.15) is 5.10 Å². The summed E-state index contributed by atoms with van der Waals surface area (Å²) in [6.07, 6.45) is 4.82. The minimum Gasteiger partial charge on any atom is -0.342 e. The molecule has 1 aromatic heterocycles. The number of nitrogens with one attached hydrogen (secondary N) is 1. The van der Waals surface area contributed by atoms with Crippen LogP contribution in [0.4, 0.5) is 0 Å². The summed E-state index contributed by atoms with van der Waals surface area (Å²) < 4.78 is 0. The number of benzene rings is 2. The van der Waals surface area contributed by atoms with E-state index in [0.29, 0.717) is 12.5 Å². The highest BCUT2D eigenvalue weighted by atomic mass is 16.2. The number of amides is 2. The van der Waals surface area contributed by atoms with Crippen LogP contribution in [0.2, 0.25) is 0 Å². The fraction of sp³-hybridized carbons (Fsp3) is 0.407. The van der Waals surface area contributed by atoms with Crippen LogP contribution in [0, 0.1) is 11.8 Å². The second-order valence-corrected chi connectivity index (χ2v) is 10.4. The fourth-order valence-corrected chi connectivity index (χ4v) is 5.15. The first-order valence-electron chi connectivity index (χ1n) is 12.1. The summed E-state index contributed by atoms with van der Waals surface area (Å²) in [7, 11) is 0. The number of aromatic nitrogens is 2. The van der Waals surface area contributed by atoms with Crippen molar-refractivity contribution in [1.29, 1.82) is 0 Å². The Labute approximate surface area is 198 Å². The lowest BCUT2D eigenvalue weighted by molar-refractivity contribution is -0.131. The molecule has 2 amide bonds. The first kappa shape index (κ1) is 21.1. The van der Waals surface area contributed by atoms with Gasteiger partial charge in [-0.25, -0.2) is 0 Å². The van der Waals surface area contributed by atoms with Gasteiger partial charge >= 0.3 is 0 Å². The molecule has 174 valence electrons. The van der Waals surface area contributed by atoms with E-state index in [0.717, 1.165) is 65.8 Å². The molecule has 7 nitrogen and oxygen atoms in total. The Kier molecular flexibility index (Phi) is 4.83. The van der Waals surface area contributed by atoms with Gasteiger partial charge in [-0.3, -0.25) is 24.6 Å². The fourth-order valence-electron chi connectivity index (χ4n) is 5.15. The van der Waals surface area contributed by atoms with Crippen molar-refractivity contribution >= 4 is 28.6 Å². The van der Waals surface area contributed by atoms with Crippen LogP contribution < -0.4 is 0 Å². The monoisotopic (exact) mass is 455 g/mol. The molecule has 1 atom stereocenters. The van der Waals surface area contributed by atoms with Crippen LogP contribution in [0.1, 0.15) is 38.7 Å². The van der Waals surface area contributed by atoms with Crippen LogP contribution in [0.15, 0.2) is 53.7 Å². The van der Waals surface area contributed by atoms with Crippen LogP contribution in [0.5, 0.6) is 0 Å². The summed E-state index contributed by atoms with van der Waals surface area (Å²) in [4.78, 5) is 34.4. The van der Waals surface area contributed by atoms with Gasteiger partial charge in [0.25, 0.3) is 5.91 Å². The molecular formula is C27H29N5O2. The highest BCUT2D eigenvalue weighted by molar-refractivity contribution is 6.15. The molecule has 1 aliphatic carbocycles. The number of fused-ring (bicyclic) bond motifs is 1. The molecule has 0 spiro atoms. The van der Waals surface area contributed by atoms with Crippen molar-refractivity contribution in [3.63, 3.8) is 0 Å². The van der Waals surface area contributed by atoms with Gasteiger partial charge in [-0.15, -0.1) is 0 Å². The molecule has 2 fully saturated rings. The average Bonchev–Trinajstić information content (AvgIpc) is 3.31. The largest absolute Gasteiger partial charge is 0.342 e. The Balaban J connectivity index is 1.22.